The number of β-amino-alcohol motifs (C(OH)–C–C–N with tert-alkyl or cyclic N) is 1. The molecule has 2 aliphatic heterocycles. The molecule has 174 valence electrons. The van der Waals surface area contributed by atoms with Gasteiger partial charge in [0, 0.05) is 32.7 Å². The lowest BCUT2D eigenvalue weighted by Gasteiger charge is -2.36. The summed E-state index contributed by atoms with van der Waals surface area (Å²) in [5.74, 6) is 0.121. The van der Waals surface area contributed by atoms with Crippen LogP contribution in [0, 0.1) is 6.92 Å². The summed E-state index contributed by atoms with van der Waals surface area (Å²) in [6.07, 6.45) is 0.0485. The Labute approximate surface area is 194 Å². The van der Waals surface area contributed by atoms with Crippen molar-refractivity contribution in [2.45, 2.75) is 26.9 Å². The first-order valence-corrected chi connectivity index (χ1v) is 11.4. The van der Waals surface area contributed by atoms with Gasteiger partial charge in [-0.1, -0.05) is 24.3 Å². The average Bonchev–Trinajstić information content (AvgIpc) is 3.05. The summed E-state index contributed by atoms with van der Waals surface area (Å²) in [5, 5.41) is 9.24. The van der Waals surface area contributed by atoms with Crippen LogP contribution in [0.1, 0.15) is 25.0 Å². The molecule has 2 amide bonds. The fraction of sp³-hybridized carbons (Fsp3) is 0.385. The quantitative estimate of drug-likeness (QED) is 0.656. The summed E-state index contributed by atoms with van der Waals surface area (Å²) in [6.45, 7) is 9.28. The van der Waals surface area contributed by atoms with Crippen molar-refractivity contribution in [3.8, 4) is 5.75 Å². The lowest BCUT2D eigenvalue weighted by molar-refractivity contribution is -0.120. The fourth-order valence-corrected chi connectivity index (χ4v) is 4.38. The molecule has 1 saturated heterocycles. The molecular formula is C26H31N3O4. The van der Waals surface area contributed by atoms with E-state index in [1.165, 1.54) is 4.90 Å². The first-order valence-electron chi connectivity index (χ1n) is 11.4. The van der Waals surface area contributed by atoms with Gasteiger partial charge in [-0.3, -0.25) is 14.5 Å². The van der Waals surface area contributed by atoms with Crippen molar-refractivity contribution in [2.24, 2.45) is 0 Å². The third-order valence-corrected chi connectivity index (χ3v) is 5.94. The SMILES string of the molecule is Cc1cccc(N2C(=O)C(c3ccc(OC(C)C)cc3)=C(N3CCN(CCO)CC3)C2=O)c1. The molecule has 33 heavy (non-hydrogen) atoms. The summed E-state index contributed by atoms with van der Waals surface area (Å²) in [6, 6.07) is 14.8. The van der Waals surface area contributed by atoms with Crippen molar-refractivity contribution < 1.29 is 19.4 Å². The van der Waals surface area contributed by atoms with Gasteiger partial charge in [-0.05, 0) is 56.2 Å². The first-order chi connectivity index (χ1) is 15.9. The molecule has 1 N–H and O–H groups in total. The maximum absolute atomic E-state index is 13.7. The van der Waals surface area contributed by atoms with E-state index in [1.54, 1.807) is 6.07 Å². The number of hydrogen-bond acceptors (Lipinski definition) is 6. The summed E-state index contributed by atoms with van der Waals surface area (Å²) in [7, 11) is 0. The number of amides is 2. The molecule has 0 saturated carbocycles. The summed E-state index contributed by atoms with van der Waals surface area (Å²) < 4.78 is 5.75. The zero-order chi connectivity index (χ0) is 23.5. The van der Waals surface area contributed by atoms with Gasteiger partial charge in [0.05, 0.1) is 24.0 Å². The highest BCUT2D eigenvalue weighted by Crippen LogP contribution is 2.36. The van der Waals surface area contributed by atoms with Gasteiger partial charge in [0.1, 0.15) is 11.4 Å². The van der Waals surface area contributed by atoms with Gasteiger partial charge in [-0.15, -0.1) is 0 Å². The Morgan fingerprint density at radius 3 is 2.27 bits per heavy atom. The Bertz CT molecular complexity index is 1050. The molecule has 0 aliphatic carbocycles. The molecule has 1 fully saturated rings. The van der Waals surface area contributed by atoms with E-state index in [-0.39, 0.29) is 24.5 Å². The van der Waals surface area contributed by atoms with Gasteiger partial charge in [0.15, 0.2) is 0 Å². The number of aryl methyl sites for hydroxylation is 1. The molecule has 7 nitrogen and oxygen atoms in total. The number of nitrogens with zero attached hydrogens (tertiary/aromatic N) is 3. The number of ether oxygens (including phenoxy) is 1. The summed E-state index contributed by atoms with van der Waals surface area (Å²) in [5.41, 5.74) is 3.13. The molecule has 0 atom stereocenters. The zero-order valence-electron chi connectivity index (χ0n) is 19.5. The van der Waals surface area contributed by atoms with E-state index in [4.69, 9.17) is 4.74 Å². The van der Waals surface area contributed by atoms with Crippen molar-refractivity contribution in [1.82, 2.24) is 9.80 Å². The summed E-state index contributed by atoms with van der Waals surface area (Å²) >= 11 is 0. The maximum atomic E-state index is 13.7. The molecule has 0 aromatic heterocycles. The average molecular weight is 450 g/mol. The standard InChI is InChI=1S/C26H31N3O4/c1-18(2)33-22-9-7-20(8-10-22)23-24(28-13-11-27(12-14-28)15-16-30)26(32)29(25(23)31)21-6-4-5-19(3)17-21/h4-10,17-18,30H,11-16H2,1-3H3. The largest absolute Gasteiger partial charge is 0.491 e. The van der Waals surface area contributed by atoms with Crippen LogP contribution in [0.25, 0.3) is 5.57 Å². The molecule has 2 aromatic rings. The Morgan fingerprint density at radius 2 is 1.67 bits per heavy atom. The monoisotopic (exact) mass is 449 g/mol. The van der Waals surface area contributed by atoms with Gasteiger partial charge < -0.3 is 14.7 Å². The van der Waals surface area contributed by atoms with Gasteiger partial charge in [0.25, 0.3) is 11.8 Å². The van der Waals surface area contributed by atoms with E-state index < -0.39 is 0 Å². The predicted molar refractivity (Wildman–Crippen MR) is 128 cm³/mol. The van der Waals surface area contributed by atoms with Crippen LogP contribution in [-0.2, 0) is 9.59 Å². The van der Waals surface area contributed by atoms with Crippen molar-refractivity contribution in [2.75, 3.05) is 44.2 Å². The number of carbonyl (C=O) groups excluding carboxylic acids is 2. The Balaban J connectivity index is 1.72. The van der Waals surface area contributed by atoms with Crippen LogP contribution in [0.3, 0.4) is 0 Å². The lowest BCUT2D eigenvalue weighted by Crippen LogP contribution is -2.48. The van der Waals surface area contributed by atoms with Crippen molar-refractivity contribution in [1.29, 1.82) is 0 Å². The fourth-order valence-electron chi connectivity index (χ4n) is 4.38. The number of piperazine rings is 1. The number of rotatable bonds is 7. The topological polar surface area (TPSA) is 73.3 Å². The van der Waals surface area contributed by atoms with Crippen LogP contribution in [0.4, 0.5) is 5.69 Å². The molecule has 2 aromatic carbocycles. The third-order valence-electron chi connectivity index (χ3n) is 5.94. The Morgan fingerprint density at radius 1 is 0.970 bits per heavy atom. The smallest absolute Gasteiger partial charge is 0.282 e. The highest BCUT2D eigenvalue weighted by atomic mass is 16.5. The van der Waals surface area contributed by atoms with Gasteiger partial charge in [0.2, 0.25) is 0 Å². The molecule has 0 bridgehead atoms. The van der Waals surface area contributed by atoms with E-state index in [0.717, 1.165) is 24.4 Å². The van der Waals surface area contributed by atoms with Crippen LogP contribution in [0.5, 0.6) is 5.75 Å². The molecule has 0 spiro atoms. The predicted octanol–water partition coefficient (Wildman–Crippen LogP) is 2.68. The normalized spacial score (nSPS) is 17.5. The number of aliphatic hydroxyl groups excluding tert-OH is 1. The Kier molecular flexibility index (Phi) is 6.81. The second kappa shape index (κ2) is 9.77. The second-order valence-corrected chi connectivity index (χ2v) is 8.75. The van der Waals surface area contributed by atoms with Crippen LogP contribution < -0.4 is 9.64 Å². The highest BCUT2D eigenvalue weighted by molar-refractivity contribution is 6.45. The van der Waals surface area contributed by atoms with E-state index >= 15 is 0 Å². The molecule has 0 unspecified atom stereocenters. The minimum Gasteiger partial charge on any atom is -0.491 e. The Hall–Kier alpha value is -3.16. The number of benzene rings is 2. The van der Waals surface area contributed by atoms with E-state index in [1.807, 2.05) is 68.1 Å². The third kappa shape index (κ3) is 4.79. The van der Waals surface area contributed by atoms with Crippen LogP contribution in [-0.4, -0.2) is 72.2 Å². The van der Waals surface area contributed by atoms with Crippen molar-refractivity contribution in [3.05, 3.63) is 65.4 Å². The first kappa shape index (κ1) is 23.0. The zero-order valence-corrected chi connectivity index (χ0v) is 19.5. The number of imide groups is 1. The number of carbonyl (C=O) groups is 2. The lowest BCUT2D eigenvalue weighted by atomic mass is 10.0. The van der Waals surface area contributed by atoms with Crippen LogP contribution >= 0.6 is 0 Å². The molecule has 7 heteroatoms. The van der Waals surface area contributed by atoms with E-state index in [2.05, 4.69) is 4.90 Å². The van der Waals surface area contributed by atoms with Crippen LogP contribution in [0.15, 0.2) is 54.2 Å². The van der Waals surface area contributed by atoms with Gasteiger partial charge in [-0.2, -0.15) is 0 Å². The van der Waals surface area contributed by atoms with Gasteiger partial charge in [-0.25, -0.2) is 4.90 Å². The molecule has 2 heterocycles. The molecular weight excluding hydrogens is 418 g/mol. The minimum atomic E-state index is -0.309. The van der Waals surface area contributed by atoms with Crippen LogP contribution in [0.2, 0.25) is 0 Å². The van der Waals surface area contributed by atoms with Crippen molar-refractivity contribution in [3.63, 3.8) is 0 Å². The number of aliphatic hydroxyl groups is 1. The maximum Gasteiger partial charge on any atom is 0.282 e. The van der Waals surface area contributed by atoms with E-state index in [0.29, 0.717) is 42.2 Å². The van der Waals surface area contributed by atoms with Gasteiger partial charge >= 0.3 is 0 Å². The number of anilines is 1. The highest BCUT2D eigenvalue weighted by Gasteiger charge is 2.43. The summed E-state index contributed by atoms with van der Waals surface area (Å²) in [4.78, 5) is 32.8. The molecule has 4 rings (SSSR count). The second-order valence-electron chi connectivity index (χ2n) is 8.75. The minimum absolute atomic E-state index is 0.0485. The number of hydrogen-bond donors (Lipinski definition) is 1. The van der Waals surface area contributed by atoms with E-state index in [9.17, 15) is 14.7 Å². The van der Waals surface area contributed by atoms with Crippen molar-refractivity contribution >= 4 is 23.1 Å². The molecule has 2 aliphatic rings. The molecule has 0 radical (unpaired) electrons.